The minimum absolute atomic E-state index is 0. The Morgan fingerprint density at radius 2 is 0.860 bits per heavy atom. The summed E-state index contributed by atoms with van der Waals surface area (Å²) >= 11 is 0. The maximum atomic E-state index is 10.7. The molecule has 0 unspecified atom stereocenters. The SMILES string of the molecule is O=S(=O)(O)C(F)(F)F.[CH2][CH][CH]C.[Pd].c1ccc(P(CCCCP(c2ccccc2)c2ccccc2)c2ccccc2)cc1. The van der Waals surface area contributed by atoms with Crippen LogP contribution < -0.4 is 21.2 Å². The molecule has 0 atom stereocenters. The molecular formula is C33H36F3O3P2PdS. The van der Waals surface area contributed by atoms with E-state index >= 15 is 0 Å². The van der Waals surface area contributed by atoms with Gasteiger partial charge in [0.25, 0.3) is 0 Å². The van der Waals surface area contributed by atoms with Gasteiger partial charge in [0.2, 0.25) is 0 Å². The van der Waals surface area contributed by atoms with Crippen molar-refractivity contribution in [2.75, 3.05) is 12.3 Å². The summed E-state index contributed by atoms with van der Waals surface area (Å²) in [6.07, 6.45) is 8.70. The molecule has 1 N–H and O–H groups in total. The second kappa shape index (κ2) is 20.9. The fourth-order valence-electron chi connectivity index (χ4n) is 3.79. The van der Waals surface area contributed by atoms with Crippen molar-refractivity contribution in [3.63, 3.8) is 0 Å². The monoisotopic (exact) mass is 737 g/mol. The first kappa shape index (κ1) is 39.1. The average molecular weight is 738 g/mol. The molecule has 0 heterocycles. The minimum Gasteiger partial charge on any atom is -0.279 e. The molecule has 10 heteroatoms. The molecule has 3 radical (unpaired) electrons. The minimum atomic E-state index is -5.84. The zero-order valence-electron chi connectivity index (χ0n) is 23.8. The van der Waals surface area contributed by atoms with Crippen molar-refractivity contribution in [1.82, 2.24) is 0 Å². The number of rotatable bonds is 10. The smallest absolute Gasteiger partial charge is 0.279 e. The van der Waals surface area contributed by atoms with Gasteiger partial charge in [-0.05, 0) is 82.0 Å². The van der Waals surface area contributed by atoms with E-state index in [1.807, 2.05) is 13.3 Å². The van der Waals surface area contributed by atoms with Crippen LogP contribution in [0.15, 0.2) is 121 Å². The summed E-state index contributed by atoms with van der Waals surface area (Å²) in [6, 6.07) is 44.3. The first-order valence-corrected chi connectivity index (χ1v) is 17.8. The number of benzene rings is 4. The van der Waals surface area contributed by atoms with Crippen molar-refractivity contribution >= 4 is 47.2 Å². The number of unbranched alkanes of at least 4 members (excludes halogenated alkanes) is 2. The molecule has 0 saturated heterocycles. The van der Waals surface area contributed by atoms with Crippen molar-refractivity contribution in [3.8, 4) is 0 Å². The van der Waals surface area contributed by atoms with Crippen LogP contribution in [0.2, 0.25) is 0 Å². The molecule has 0 bridgehead atoms. The van der Waals surface area contributed by atoms with Gasteiger partial charge in [0.05, 0.1) is 0 Å². The molecule has 233 valence electrons. The van der Waals surface area contributed by atoms with Gasteiger partial charge in [0, 0.05) is 20.4 Å². The summed E-state index contributed by atoms with van der Waals surface area (Å²) in [5.41, 5.74) is -5.53. The van der Waals surface area contributed by atoms with E-state index in [9.17, 15) is 13.2 Å². The summed E-state index contributed by atoms with van der Waals surface area (Å²) in [5, 5.41) is 5.97. The summed E-state index contributed by atoms with van der Waals surface area (Å²) < 4.78 is 57.5. The van der Waals surface area contributed by atoms with Gasteiger partial charge in [0.1, 0.15) is 0 Å². The molecule has 0 saturated carbocycles. The van der Waals surface area contributed by atoms with E-state index in [-0.39, 0.29) is 36.3 Å². The zero-order chi connectivity index (χ0) is 30.8. The molecule has 3 nitrogen and oxygen atoms in total. The van der Waals surface area contributed by atoms with E-state index in [0.717, 1.165) is 0 Å². The van der Waals surface area contributed by atoms with Gasteiger partial charge in [-0.15, -0.1) is 0 Å². The van der Waals surface area contributed by atoms with E-state index in [2.05, 4.69) is 128 Å². The van der Waals surface area contributed by atoms with Crippen LogP contribution in [0.1, 0.15) is 19.8 Å². The molecule has 0 aliphatic carbocycles. The molecule has 0 aromatic heterocycles. The van der Waals surface area contributed by atoms with Gasteiger partial charge >= 0.3 is 15.6 Å². The third-order valence-electron chi connectivity index (χ3n) is 5.81. The molecule has 0 fully saturated rings. The van der Waals surface area contributed by atoms with Gasteiger partial charge in [-0.1, -0.05) is 128 Å². The first-order valence-electron chi connectivity index (χ1n) is 13.3. The second-order valence-corrected chi connectivity index (χ2v) is 14.9. The number of hydrogen-bond acceptors (Lipinski definition) is 2. The van der Waals surface area contributed by atoms with Crippen LogP contribution in [-0.2, 0) is 30.5 Å². The second-order valence-electron chi connectivity index (χ2n) is 8.84. The Hall–Kier alpha value is -1.90. The fraction of sp³-hybridized carbons (Fsp3) is 0.182. The Bertz CT molecular complexity index is 1200. The predicted molar refractivity (Wildman–Crippen MR) is 174 cm³/mol. The Morgan fingerprint density at radius 1 is 0.651 bits per heavy atom. The average Bonchev–Trinajstić information content (AvgIpc) is 3.00. The molecular weight excluding hydrogens is 702 g/mol. The van der Waals surface area contributed by atoms with Crippen molar-refractivity contribution in [2.24, 2.45) is 0 Å². The molecule has 0 aliphatic rings. The molecule has 0 amide bonds. The largest absolute Gasteiger partial charge is 0.522 e. The fourth-order valence-corrected chi connectivity index (χ4v) is 8.62. The van der Waals surface area contributed by atoms with Crippen LogP contribution in [0, 0.1) is 19.8 Å². The summed E-state index contributed by atoms with van der Waals surface area (Å²) in [5.74, 6) is 0. The normalized spacial score (nSPS) is 11.1. The molecule has 4 aromatic rings. The van der Waals surface area contributed by atoms with Crippen LogP contribution in [0.25, 0.3) is 0 Å². The Kier molecular flexibility index (Phi) is 19.1. The Balaban J connectivity index is 0.000000605. The van der Waals surface area contributed by atoms with Gasteiger partial charge in [-0.25, -0.2) is 0 Å². The van der Waals surface area contributed by atoms with Crippen molar-refractivity contribution in [2.45, 2.75) is 25.3 Å². The molecule has 4 rings (SSSR count). The Labute approximate surface area is 271 Å². The maximum absolute atomic E-state index is 10.7. The van der Waals surface area contributed by atoms with E-state index in [4.69, 9.17) is 13.0 Å². The third kappa shape index (κ3) is 14.6. The van der Waals surface area contributed by atoms with Crippen molar-refractivity contribution < 1.29 is 46.6 Å². The van der Waals surface area contributed by atoms with E-state index < -0.39 is 15.6 Å². The molecule has 0 spiro atoms. The number of alkyl halides is 3. The summed E-state index contributed by atoms with van der Waals surface area (Å²) in [6.45, 7) is 5.36. The van der Waals surface area contributed by atoms with Crippen LogP contribution in [0.4, 0.5) is 13.2 Å². The first-order chi connectivity index (χ1) is 20.1. The maximum Gasteiger partial charge on any atom is 0.522 e. The quantitative estimate of drug-likeness (QED) is 0.0598. The Morgan fingerprint density at radius 3 is 1.02 bits per heavy atom. The zero-order valence-corrected chi connectivity index (χ0v) is 27.9. The van der Waals surface area contributed by atoms with Gasteiger partial charge in [-0.2, -0.15) is 21.6 Å². The molecule has 0 aliphatic heterocycles. The van der Waals surface area contributed by atoms with Gasteiger partial charge in [-0.3, -0.25) is 4.55 Å². The van der Waals surface area contributed by atoms with E-state index in [1.54, 1.807) is 6.42 Å². The summed E-state index contributed by atoms with van der Waals surface area (Å²) in [4.78, 5) is 0. The van der Waals surface area contributed by atoms with Crippen LogP contribution in [0.5, 0.6) is 0 Å². The molecule has 4 aromatic carbocycles. The topological polar surface area (TPSA) is 54.4 Å². The predicted octanol–water partition coefficient (Wildman–Crippen LogP) is 7.67. The van der Waals surface area contributed by atoms with Gasteiger partial charge in [0.15, 0.2) is 0 Å². The van der Waals surface area contributed by atoms with Crippen LogP contribution in [-0.4, -0.2) is 30.8 Å². The van der Waals surface area contributed by atoms with E-state index in [0.29, 0.717) is 0 Å². The van der Waals surface area contributed by atoms with E-state index in [1.165, 1.54) is 46.4 Å². The number of halogens is 3. The van der Waals surface area contributed by atoms with Crippen molar-refractivity contribution in [1.29, 1.82) is 0 Å². The van der Waals surface area contributed by atoms with Gasteiger partial charge < -0.3 is 0 Å². The third-order valence-corrected chi connectivity index (χ3v) is 11.6. The van der Waals surface area contributed by atoms with Crippen LogP contribution in [0.3, 0.4) is 0 Å². The standard InChI is InChI=1S/C28H28P2.C4H7.CHF3O3S.Pd/c1-5-15-25(16-6-1)29(26-17-7-2-8-18-26)23-13-14-24-30(27-19-9-3-10-20-27)28-21-11-4-12-22-28;1-3-4-2;2-1(3,4)8(5,6)7;/h1-12,15-22H,13-14,23-24H2;3-4H,1H2,2H3;(H,5,6,7);. The number of hydrogen-bond donors (Lipinski definition) is 1. The van der Waals surface area contributed by atoms with Crippen LogP contribution >= 0.6 is 15.8 Å². The molecule has 43 heavy (non-hydrogen) atoms. The van der Waals surface area contributed by atoms with Crippen molar-refractivity contribution in [3.05, 3.63) is 141 Å². The summed E-state index contributed by atoms with van der Waals surface area (Å²) in [7, 11) is -6.41.